The van der Waals surface area contributed by atoms with Crippen LogP contribution < -0.4 is 14.8 Å². The lowest BCUT2D eigenvalue weighted by Crippen LogP contribution is -2.12. The SMILES string of the molecule is COc1ccccc1-c1nnc(NC(=O)c2cccc(Oc3ccccc3)c2)o1. The minimum Gasteiger partial charge on any atom is -0.496 e. The molecule has 0 fully saturated rings. The van der Waals surface area contributed by atoms with Crippen LogP contribution in [0.15, 0.2) is 83.3 Å². The van der Waals surface area contributed by atoms with Crippen molar-refractivity contribution in [2.45, 2.75) is 0 Å². The highest BCUT2D eigenvalue weighted by atomic mass is 16.5. The van der Waals surface area contributed by atoms with Gasteiger partial charge in [0.1, 0.15) is 17.2 Å². The molecule has 0 bridgehead atoms. The summed E-state index contributed by atoms with van der Waals surface area (Å²) >= 11 is 0. The van der Waals surface area contributed by atoms with Gasteiger partial charge in [-0.25, -0.2) is 0 Å². The maximum atomic E-state index is 12.6. The first-order valence-electron chi connectivity index (χ1n) is 8.84. The number of amides is 1. The average Bonchev–Trinajstić information content (AvgIpc) is 3.23. The van der Waals surface area contributed by atoms with E-state index in [0.29, 0.717) is 28.4 Å². The topological polar surface area (TPSA) is 86.5 Å². The second-order valence-corrected chi connectivity index (χ2v) is 6.01. The fourth-order valence-electron chi connectivity index (χ4n) is 2.70. The number of hydrogen-bond donors (Lipinski definition) is 1. The van der Waals surface area contributed by atoms with E-state index in [-0.39, 0.29) is 11.9 Å². The molecular formula is C22H17N3O4. The number of ether oxygens (including phenoxy) is 2. The van der Waals surface area contributed by atoms with Gasteiger partial charge in [-0.05, 0) is 42.5 Å². The summed E-state index contributed by atoms with van der Waals surface area (Å²) in [6.45, 7) is 0. The highest BCUT2D eigenvalue weighted by Gasteiger charge is 2.15. The molecule has 0 spiro atoms. The molecule has 4 aromatic rings. The molecule has 1 N–H and O–H groups in total. The van der Waals surface area contributed by atoms with Gasteiger partial charge in [0.15, 0.2) is 0 Å². The number of hydrogen-bond acceptors (Lipinski definition) is 6. The summed E-state index contributed by atoms with van der Waals surface area (Å²) in [4.78, 5) is 12.6. The number of nitrogens with one attached hydrogen (secondary N) is 1. The summed E-state index contributed by atoms with van der Waals surface area (Å²) in [6.07, 6.45) is 0. The highest BCUT2D eigenvalue weighted by molar-refractivity contribution is 6.03. The number of rotatable bonds is 6. The molecule has 29 heavy (non-hydrogen) atoms. The Labute approximate surface area is 166 Å². The number of carbonyl (C=O) groups excluding carboxylic acids is 1. The van der Waals surface area contributed by atoms with E-state index in [1.165, 1.54) is 0 Å². The highest BCUT2D eigenvalue weighted by Crippen LogP contribution is 2.29. The summed E-state index contributed by atoms with van der Waals surface area (Å²) in [5.74, 6) is 1.69. The standard InChI is InChI=1S/C22H17N3O4/c1-27-19-13-6-5-12-18(19)21-24-25-22(29-21)23-20(26)15-8-7-11-17(14-15)28-16-9-3-2-4-10-16/h2-14H,1H3,(H,23,25,26). The fraction of sp³-hybridized carbons (Fsp3) is 0.0455. The minimum atomic E-state index is -0.390. The summed E-state index contributed by atoms with van der Waals surface area (Å²) < 4.78 is 16.6. The van der Waals surface area contributed by atoms with Gasteiger partial charge in [0.2, 0.25) is 0 Å². The van der Waals surface area contributed by atoms with Gasteiger partial charge >= 0.3 is 6.01 Å². The van der Waals surface area contributed by atoms with Crippen molar-refractivity contribution in [2.75, 3.05) is 12.4 Å². The molecule has 0 saturated carbocycles. The van der Waals surface area contributed by atoms with Crippen LogP contribution in [0.1, 0.15) is 10.4 Å². The lowest BCUT2D eigenvalue weighted by atomic mass is 10.2. The lowest BCUT2D eigenvalue weighted by molar-refractivity contribution is 0.102. The zero-order chi connectivity index (χ0) is 20.1. The number of anilines is 1. The number of methoxy groups -OCH3 is 1. The van der Waals surface area contributed by atoms with Crippen LogP contribution in [0.25, 0.3) is 11.5 Å². The number of aromatic nitrogens is 2. The molecule has 0 aliphatic heterocycles. The van der Waals surface area contributed by atoms with Crippen LogP contribution in [0, 0.1) is 0 Å². The van der Waals surface area contributed by atoms with Gasteiger partial charge in [-0.3, -0.25) is 10.1 Å². The van der Waals surface area contributed by atoms with Gasteiger partial charge in [-0.2, -0.15) is 0 Å². The van der Waals surface area contributed by atoms with Crippen LogP contribution in [0.4, 0.5) is 6.01 Å². The first-order valence-corrected chi connectivity index (χ1v) is 8.84. The van der Waals surface area contributed by atoms with E-state index in [9.17, 15) is 4.79 Å². The van der Waals surface area contributed by atoms with Crippen molar-refractivity contribution in [3.8, 4) is 28.7 Å². The maximum absolute atomic E-state index is 12.6. The number of carbonyl (C=O) groups is 1. The van der Waals surface area contributed by atoms with Crippen molar-refractivity contribution in [1.29, 1.82) is 0 Å². The summed E-state index contributed by atoms with van der Waals surface area (Å²) in [7, 11) is 1.56. The van der Waals surface area contributed by atoms with Gasteiger partial charge < -0.3 is 13.9 Å². The second-order valence-electron chi connectivity index (χ2n) is 6.01. The van der Waals surface area contributed by atoms with E-state index in [1.807, 2.05) is 42.5 Å². The Bertz CT molecular complexity index is 1130. The van der Waals surface area contributed by atoms with Crippen molar-refractivity contribution in [2.24, 2.45) is 0 Å². The summed E-state index contributed by atoms with van der Waals surface area (Å²) in [5, 5.41) is 10.5. The molecule has 1 heterocycles. The molecule has 3 aromatic carbocycles. The zero-order valence-corrected chi connectivity index (χ0v) is 15.5. The summed E-state index contributed by atoms with van der Waals surface area (Å²) in [6, 6.07) is 23.4. The van der Waals surface area contributed by atoms with Crippen LogP contribution in [-0.4, -0.2) is 23.2 Å². The molecule has 1 aromatic heterocycles. The largest absolute Gasteiger partial charge is 0.496 e. The Balaban J connectivity index is 1.49. The molecule has 7 nitrogen and oxygen atoms in total. The molecule has 1 amide bonds. The molecule has 7 heteroatoms. The van der Waals surface area contributed by atoms with Crippen molar-refractivity contribution >= 4 is 11.9 Å². The third kappa shape index (κ3) is 4.24. The molecular weight excluding hydrogens is 370 g/mol. The monoisotopic (exact) mass is 387 g/mol. The quantitative estimate of drug-likeness (QED) is 0.512. The Morgan fingerprint density at radius 3 is 2.48 bits per heavy atom. The van der Waals surface area contributed by atoms with Gasteiger partial charge in [-0.15, -0.1) is 5.10 Å². The van der Waals surface area contributed by atoms with Crippen LogP contribution in [0.2, 0.25) is 0 Å². The van der Waals surface area contributed by atoms with Crippen LogP contribution in [0.3, 0.4) is 0 Å². The number of para-hydroxylation sites is 2. The van der Waals surface area contributed by atoms with Gasteiger partial charge in [0.05, 0.1) is 12.7 Å². The van der Waals surface area contributed by atoms with Gasteiger partial charge in [0.25, 0.3) is 11.8 Å². The van der Waals surface area contributed by atoms with E-state index in [0.717, 1.165) is 0 Å². The minimum absolute atomic E-state index is 0.00899. The Hall–Kier alpha value is -4.13. The average molecular weight is 387 g/mol. The normalized spacial score (nSPS) is 10.4. The van der Waals surface area contributed by atoms with E-state index < -0.39 is 5.91 Å². The first kappa shape index (κ1) is 18.2. The van der Waals surface area contributed by atoms with Gasteiger partial charge in [0, 0.05) is 5.56 Å². The van der Waals surface area contributed by atoms with E-state index in [4.69, 9.17) is 13.9 Å². The Morgan fingerprint density at radius 1 is 0.897 bits per heavy atom. The number of nitrogens with zero attached hydrogens (tertiary/aromatic N) is 2. The molecule has 0 aliphatic rings. The Morgan fingerprint density at radius 2 is 1.66 bits per heavy atom. The molecule has 144 valence electrons. The zero-order valence-electron chi connectivity index (χ0n) is 15.5. The molecule has 0 atom stereocenters. The molecule has 0 radical (unpaired) electrons. The van der Waals surface area contributed by atoms with Crippen molar-refractivity contribution < 1.29 is 18.7 Å². The molecule has 4 rings (SSSR count). The van der Waals surface area contributed by atoms with E-state index >= 15 is 0 Å². The van der Waals surface area contributed by atoms with Gasteiger partial charge in [-0.1, -0.05) is 41.5 Å². The molecule has 0 aliphatic carbocycles. The van der Waals surface area contributed by atoms with Crippen LogP contribution >= 0.6 is 0 Å². The van der Waals surface area contributed by atoms with Crippen molar-refractivity contribution in [3.05, 3.63) is 84.4 Å². The van der Waals surface area contributed by atoms with E-state index in [1.54, 1.807) is 43.5 Å². The second kappa shape index (κ2) is 8.26. The Kier molecular flexibility index (Phi) is 5.20. The van der Waals surface area contributed by atoms with Crippen LogP contribution in [0.5, 0.6) is 17.2 Å². The van der Waals surface area contributed by atoms with Crippen molar-refractivity contribution in [3.63, 3.8) is 0 Å². The molecule has 0 unspecified atom stereocenters. The third-order valence-electron chi connectivity index (χ3n) is 4.06. The third-order valence-corrected chi connectivity index (χ3v) is 4.06. The predicted octanol–water partition coefficient (Wildman–Crippen LogP) is 4.79. The summed E-state index contributed by atoms with van der Waals surface area (Å²) in [5.41, 5.74) is 1.04. The predicted molar refractivity (Wildman–Crippen MR) is 107 cm³/mol. The number of benzene rings is 3. The van der Waals surface area contributed by atoms with E-state index in [2.05, 4.69) is 15.5 Å². The molecule has 0 saturated heterocycles. The maximum Gasteiger partial charge on any atom is 0.322 e. The van der Waals surface area contributed by atoms with Crippen LogP contribution in [-0.2, 0) is 0 Å². The fourth-order valence-corrected chi connectivity index (χ4v) is 2.70. The first-order chi connectivity index (χ1) is 14.2. The lowest BCUT2D eigenvalue weighted by Gasteiger charge is -2.07. The van der Waals surface area contributed by atoms with Crippen molar-refractivity contribution in [1.82, 2.24) is 10.2 Å². The smallest absolute Gasteiger partial charge is 0.322 e.